The predicted molar refractivity (Wildman–Crippen MR) is 74.9 cm³/mol. The Kier molecular flexibility index (Phi) is 6.67. The minimum atomic E-state index is -0.381. The van der Waals surface area contributed by atoms with Crippen molar-refractivity contribution in [2.24, 2.45) is 0 Å². The number of aliphatic hydroxyl groups is 1. The quantitative estimate of drug-likeness (QED) is 0.499. The number of thioether (sulfide) groups is 1. The molecule has 0 bridgehead atoms. The molecule has 0 aliphatic carbocycles. The summed E-state index contributed by atoms with van der Waals surface area (Å²) in [6, 6.07) is 2.81. The Balaban J connectivity index is 2.42. The highest BCUT2D eigenvalue weighted by Gasteiger charge is 2.07. The maximum Gasteiger partial charge on any atom is 0.148 e. The summed E-state index contributed by atoms with van der Waals surface area (Å²) in [6.45, 7) is 0.865. The second-order valence-corrected chi connectivity index (χ2v) is 4.92. The topological polar surface area (TPSA) is 67.5 Å². The number of nitrogens with one attached hydrogen (secondary N) is 1. The summed E-state index contributed by atoms with van der Waals surface area (Å²) in [7, 11) is 1.50. The van der Waals surface area contributed by atoms with Gasteiger partial charge in [-0.2, -0.15) is 11.8 Å². The summed E-state index contributed by atoms with van der Waals surface area (Å²) in [5.74, 6) is 1.85. The van der Waals surface area contributed by atoms with E-state index in [0.717, 1.165) is 17.9 Å². The molecule has 0 aliphatic heterocycles. The van der Waals surface area contributed by atoms with Crippen molar-refractivity contribution in [1.29, 1.82) is 0 Å². The van der Waals surface area contributed by atoms with Gasteiger partial charge >= 0.3 is 0 Å². The minimum Gasteiger partial charge on any atom is -0.495 e. The Bertz CT molecular complexity index is 377. The molecule has 0 spiro atoms. The zero-order valence-corrected chi connectivity index (χ0v) is 11.2. The van der Waals surface area contributed by atoms with Crippen LogP contribution in [0.15, 0.2) is 12.1 Å². The average Bonchev–Trinajstić information content (AvgIpc) is 2.36. The van der Waals surface area contributed by atoms with Crippen LogP contribution in [0.4, 0.5) is 15.8 Å². The van der Waals surface area contributed by atoms with Crippen molar-refractivity contribution < 1.29 is 14.2 Å². The van der Waals surface area contributed by atoms with Crippen molar-refractivity contribution in [2.75, 3.05) is 42.8 Å². The van der Waals surface area contributed by atoms with E-state index in [1.807, 2.05) is 0 Å². The van der Waals surface area contributed by atoms with E-state index in [0.29, 0.717) is 18.0 Å². The van der Waals surface area contributed by atoms with Crippen LogP contribution in [0.1, 0.15) is 6.42 Å². The molecule has 6 heteroatoms. The largest absolute Gasteiger partial charge is 0.495 e. The summed E-state index contributed by atoms with van der Waals surface area (Å²) in [6.07, 6.45) is 0.786. The Morgan fingerprint density at radius 3 is 2.89 bits per heavy atom. The first-order valence-corrected chi connectivity index (χ1v) is 6.90. The van der Waals surface area contributed by atoms with Gasteiger partial charge in [0.2, 0.25) is 0 Å². The number of methoxy groups -OCH3 is 1. The van der Waals surface area contributed by atoms with Gasteiger partial charge in [-0.1, -0.05) is 0 Å². The van der Waals surface area contributed by atoms with E-state index in [-0.39, 0.29) is 18.1 Å². The molecule has 0 saturated carbocycles. The maximum atomic E-state index is 13.6. The highest BCUT2D eigenvalue weighted by molar-refractivity contribution is 7.99. The van der Waals surface area contributed by atoms with E-state index in [4.69, 9.17) is 15.6 Å². The van der Waals surface area contributed by atoms with Crippen molar-refractivity contribution in [3.8, 4) is 5.75 Å². The molecule has 4 N–H and O–H groups in total. The highest BCUT2D eigenvalue weighted by Crippen LogP contribution is 2.28. The second kappa shape index (κ2) is 8.05. The monoisotopic (exact) mass is 274 g/mol. The first-order chi connectivity index (χ1) is 8.69. The van der Waals surface area contributed by atoms with Gasteiger partial charge in [0, 0.05) is 31.0 Å². The molecule has 1 aromatic carbocycles. The van der Waals surface area contributed by atoms with Gasteiger partial charge in [0.15, 0.2) is 0 Å². The van der Waals surface area contributed by atoms with Crippen molar-refractivity contribution >= 4 is 23.1 Å². The van der Waals surface area contributed by atoms with Crippen molar-refractivity contribution in [2.45, 2.75) is 6.42 Å². The maximum absolute atomic E-state index is 13.6. The predicted octanol–water partition coefficient (Wildman–Crippen LogP) is 1.94. The van der Waals surface area contributed by atoms with E-state index in [1.165, 1.54) is 13.2 Å². The van der Waals surface area contributed by atoms with Crippen LogP contribution in [0.3, 0.4) is 0 Å². The van der Waals surface area contributed by atoms with Gasteiger partial charge in [-0.15, -0.1) is 0 Å². The molecule has 0 aromatic heterocycles. The third-order valence-corrected chi connectivity index (χ3v) is 3.40. The molecule has 0 saturated heterocycles. The summed E-state index contributed by atoms with van der Waals surface area (Å²) < 4.78 is 18.6. The van der Waals surface area contributed by atoms with E-state index in [2.05, 4.69) is 5.32 Å². The second-order valence-electron chi connectivity index (χ2n) is 3.69. The number of aliphatic hydroxyl groups excluding tert-OH is 1. The molecule has 18 heavy (non-hydrogen) atoms. The number of anilines is 2. The van der Waals surface area contributed by atoms with E-state index >= 15 is 0 Å². The van der Waals surface area contributed by atoms with Crippen LogP contribution in [-0.2, 0) is 0 Å². The van der Waals surface area contributed by atoms with E-state index in [1.54, 1.807) is 17.8 Å². The normalized spacial score (nSPS) is 10.4. The zero-order valence-electron chi connectivity index (χ0n) is 10.4. The van der Waals surface area contributed by atoms with Crippen LogP contribution >= 0.6 is 11.8 Å². The van der Waals surface area contributed by atoms with Crippen molar-refractivity contribution in [3.05, 3.63) is 17.9 Å². The Morgan fingerprint density at radius 2 is 2.22 bits per heavy atom. The van der Waals surface area contributed by atoms with Gasteiger partial charge in [0.25, 0.3) is 0 Å². The van der Waals surface area contributed by atoms with Crippen LogP contribution < -0.4 is 15.8 Å². The first kappa shape index (κ1) is 14.9. The van der Waals surface area contributed by atoms with Crippen molar-refractivity contribution in [3.63, 3.8) is 0 Å². The molecule has 102 valence electrons. The summed E-state index contributed by atoms with van der Waals surface area (Å²) in [4.78, 5) is 0. The van der Waals surface area contributed by atoms with Gasteiger partial charge in [-0.05, 0) is 12.2 Å². The lowest BCUT2D eigenvalue weighted by molar-refractivity contribution is 0.296. The van der Waals surface area contributed by atoms with Gasteiger partial charge in [-0.25, -0.2) is 4.39 Å². The molecule has 0 fully saturated rings. The van der Waals surface area contributed by atoms with Crippen LogP contribution in [0.2, 0.25) is 0 Å². The third kappa shape index (κ3) is 4.62. The van der Waals surface area contributed by atoms with Crippen LogP contribution in [0, 0.1) is 5.82 Å². The van der Waals surface area contributed by atoms with E-state index < -0.39 is 0 Å². The van der Waals surface area contributed by atoms with Gasteiger partial charge in [-0.3, -0.25) is 0 Å². The average molecular weight is 274 g/mol. The SMILES string of the molecule is COc1cc(NCCSCCCO)c(F)cc1N. The molecule has 0 amide bonds. The molecule has 0 unspecified atom stereocenters. The van der Waals surface area contributed by atoms with Gasteiger partial charge in [0.05, 0.1) is 18.5 Å². The standard InChI is InChI=1S/C12H19FN2O2S/c1-17-12-8-11(9(13)7-10(12)14)15-3-6-18-5-2-4-16/h7-8,15-16H,2-6,14H2,1H3. The number of hydrogen-bond donors (Lipinski definition) is 3. The Labute approximate surface area is 111 Å². The zero-order chi connectivity index (χ0) is 13.4. The van der Waals surface area contributed by atoms with Crippen LogP contribution in [-0.4, -0.2) is 36.9 Å². The third-order valence-electron chi connectivity index (χ3n) is 2.33. The van der Waals surface area contributed by atoms with Gasteiger partial charge < -0.3 is 20.9 Å². The number of nitrogen functional groups attached to an aromatic ring is 1. The van der Waals surface area contributed by atoms with E-state index in [9.17, 15) is 4.39 Å². The van der Waals surface area contributed by atoms with Crippen LogP contribution in [0.25, 0.3) is 0 Å². The lowest BCUT2D eigenvalue weighted by Gasteiger charge is -2.11. The summed E-state index contributed by atoms with van der Waals surface area (Å²) in [5, 5.41) is 11.6. The number of ether oxygens (including phenoxy) is 1. The number of hydrogen-bond acceptors (Lipinski definition) is 5. The minimum absolute atomic E-state index is 0.213. The summed E-state index contributed by atoms with van der Waals surface area (Å²) >= 11 is 1.72. The molecule has 1 rings (SSSR count). The fourth-order valence-corrected chi connectivity index (χ4v) is 2.19. The molecule has 0 atom stereocenters. The molecule has 0 aliphatic rings. The number of nitrogens with two attached hydrogens (primary N) is 1. The molecular weight excluding hydrogens is 255 g/mol. The fraction of sp³-hybridized carbons (Fsp3) is 0.500. The number of halogens is 1. The first-order valence-electron chi connectivity index (χ1n) is 5.74. The van der Waals surface area contributed by atoms with Crippen molar-refractivity contribution in [1.82, 2.24) is 0 Å². The molecule has 0 heterocycles. The molecule has 1 aromatic rings. The molecule has 4 nitrogen and oxygen atoms in total. The lowest BCUT2D eigenvalue weighted by atomic mass is 10.2. The number of benzene rings is 1. The number of rotatable bonds is 8. The molecular formula is C12H19FN2O2S. The lowest BCUT2D eigenvalue weighted by Crippen LogP contribution is -2.07. The Hall–Kier alpha value is -1.14. The Morgan fingerprint density at radius 1 is 1.44 bits per heavy atom. The smallest absolute Gasteiger partial charge is 0.148 e. The van der Waals surface area contributed by atoms with Crippen LogP contribution in [0.5, 0.6) is 5.75 Å². The highest BCUT2D eigenvalue weighted by atomic mass is 32.2. The fourth-order valence-electron chi connectivity index (χ4n) is 1.41. The molecule has 0 radical (unpaired) electrons. The summed E-state index contributed by atoms with van der Waals surface area (Å²) in [5.41, 5.74) is 6.27. The van der Waals surface area contributed by atoms with Gasteiger partial charge in [0.1, 0.15) is 11.6 Å².